The van der Waals surface area contributed by atoms with E-state index >= 15 is 0 Å². The predicted molar refractivity (Wildman–Crippen MR) is 63.9 cm³/mol. The topological polar surface area (TPSA) is 12.4 Å². The van der Waals surface area contributed by atoms with E-state index in [-0.39, 0.29) is 0 Å². The van der Waals surface area contributed by atoms with Crippen LogP contribution in [-0.2, 0) is 0 Å². The molecule has 0 aliphatic carbocycles. The van der Waals surface area contributed by atoms with Crippen molar-refractivity contribution in [3.05, 3.63) is 35.9 Å². The average Bonchev–Trinajstić information content (AvgIpc) is 2.24. The van der Waals surface area contributed by atoms with Crippen LogP contribution in [0.15, 0.2) is 35.3 Å². The van der Waals surface area contributed by atoms with Gasteiger partial charge in [0.15, 0.2) is 0 Å². The molecule has 74 valence electrons. The van der Waals surface area contributed by atoms with Crippen LogP contribution in [0.25, 0.3) is 0 Å². The van der Waals surface area contributed by atoms with E-state index in [9.17, 15) is 0 Å². The number of benzene rings is 1. The highest BCUT2D eigenvalue weighted by Gasteiger charge is 2.22. The fourth-order valence-corrected chi connectivity index (χ4v) is 2.37. The second kappa shape index (κ2) is 4.18. The van der Waals surface area contributed by atoms with E-state index in [2.05, 4.69) is 38.1 Å². The second-order valence-electron chi connectivity index (χ2n) is 3.77. The Balaban J connectivity index is 2.09. The fraction of sp³-hybridized carbons (Fsp3) is 0.417. The Morgan fingerprint density at radius 3 is 2.57 bits per heavy atom. The molecule has 0 saturated carbocycles. The summed E-state index contributed by atoms with van der Waals surface area (Å²) in [5, 5.41) is 1.32. The molecule has 1 heterocycles. The zero-order valence-electron chi connectivity index (χ0n) is 8.60. The molecule has 1 nitrogen and oxygen atoms in total. The van der Waals surface area contributed by atoms with Gasteiger partial charge in [-0.05, 0) is 12.5 Å². The van der Waals surface area contributed by atoms with Gasteiger partial charge in [0, 0.05) is 11.7 Å². The third kappa shape index (κ3) is 2.01. The largest absolute Gasteiger partial charge is 0.275 e. The van der Waals surface area contributed by atoms with Crippen molar-refractivity contribution in [2.24, 2.45) is 10.9 Å². The molecule has 0 radical (unpaired) electrons. The number of thioether (sulfide) groups is 1. The summed E-state index contributed by atoms with van der Waals surface area (Å²) >= 11 is 1.89. The van der Waals surface area contributed by atoms with Gasteiger partial charge in [-0.15, -0.1) is 11.8 Å². The van der Waals surface area contributed by atoms with Crippen LogP contribution in [0.4, 0.5) is 0 Å². The van der Waals surface area contributed by atoms with Crippen LogP contribution in [-0.4, -0.2) is 10.8 Å². The molecule has 1 aromatic rings. The Kier molecular flexibility index (Phi) is 2.92. The van der Waals surface area contributed by atoms with Crippen LogP contribution >= 0.6 is 11.8 Å². The maximum Gasteiger partial charge on any atom is 0.0730 e. The summed E-state index contributed by atoms with van der Waals surface area (Å²) in [6.45, 7) is 4.40. The Morgan fingerprint density at radius 1 is 1.36 bits per heavy atom. The zero-order chi connectivity index (χ0) is 9.97. The monoisotopic (exact) mass is 205 g/mol. The molecular formula is C12H15NS. The van der Waals surface area contributed by atoms with Gasteiger partial charge in [-0.2, -0.15) is 0 Å². The van der Waals surface area contributed by atoms with E-state index in [1.807, 2.05) is 17.8 Å². The van der Waals surface area contributed by atoms with Gasteiger partial charge in [-0.1, -0.05) is 37.3 Å². The molecule has 1 aliphatic rings. The minimum atomic E-state index is 0.307. The minimum absolute atomic E-state index is 0.307. The molecule has 2 rings (SSSR count). The van der Waals surface area contributed by atoms with Gasteiger partial charge in [0.2, 0.25) is 0 Å². The van der Waals surface area contributed by atoms with E-state index in [0.717, 1.165) is 0 Å². The minimum Gasteiger partial charge on any atom is -0.275 e. The van der Waals surface area contributed by atoms with E-state index in [1.165, 1.54) is 16.4 Å². The highest BCUT2D eigenvalue weighted by molar-refractivity contribution is 8.16. The lowest BCUT2D eigenvalue weighted by molar-refractivity contribution is 0.790. The highest BCUT2D eigenvalue weighted by atomic mass is 32.2. The van der Waals surface area contributed by atoms with Gasteiger partial charge in [0.1, 0.15) is 0 Å². The van der Waals surface area contributed by atoms with Crippen molar-refractivity contribution in [3.8, 4) is 0 Å². The molecule has 0 bridgehead atoms. The first-order valence-corrected chi connectivity index (χ1v) is 6.01. The average molecular weight is 205 g/mol. The third-order valence-electron chi connectivity index (χ3n) is 2.51. The van der Waals surface area contributed by atoms with Crippen molar-refractivity contribution in [2.75, 3.05) is 5.75 Å². The molecule has 1 aliphatic heterocycles. The van der Waals surface area contributed by atoms with Crippen molar-refractivity contribution in [2.45, 2.75) is 19.9 Å². The van der Waals surface area contributed by atoms with E-state index in [0.29, 0.717) is 12.0 Å². The molecule has 2 atom stereocenters. The smallest absolute Gasteiger partial charge is 0.0730 e. The summed E-state index contributed by atoms with van der Waals surface area (Å²) in [5.74, 6) is 1.92. The van der Waals surface area contributed by atoms with Gasteiger partial charge < -0.3 is 0 Å². The first-order valence-electron chi connectivity index (χ1n) is 5.03. The number of hydrogen-bond acceptors (Lipinski definition) is 2. The third-order valence-corrected chi connectivity index (χ3v) is 3.98. The summed E-state index contributed by atoms with van der Waals surface area (Å²) in [4.78, 5) is 4.71. The SMILES string of the molecule is CC1CSC1=NC(C)c1ccccc1. The maximum absolute atomic E-state index is 4.71. The quantitative estimate of drug-likeness (QED) is 0.719. The fourth-order valence-electron chi connectivity index (χ4n) is 1.49. The van der Waals surface area contributed by atoms with Gasteiger partial charge >= 0.3 is 0 Å². The Hall–Kier alpha value is -0.760. The van der Waals surface area contributed by atoms with E-state index < -0.39 is 0 Å². The first-order chi connectivity index (χ1) is 6.77. The summed E-state index contributed by atoms with van der Waals surface area (Å²) in [6, 6.07) is 10.8. The molecule has 2 unspecified atom stereocenters. The molecule has 0 amide bonds. The first kappa shape index (κ1) is 9.78. The number of aliphatic imine (C=N–C) groups is 1. The van der Waals surface area contributed by atoms with E-state index in [1.54, 1.807) is 0 Å². The Labute approximate surface area is 89.6 Å². The number of nitrogens with zero attached hydrogens (tertiary/aromatic N) is 1. The van der Waals surface area contributed by atoms with Crippen LogP contribution in [0, 0.1) is 5.92 Å². The summed E-state index contributed by atoms with van der Waals surface area (Å²) in [6.07, 6.45) is 0. The van der Waals surface area contributed by atoms with Crippen molar-refractivity contribution in [1.82, 2.24) is 0 Å². The van der Waals surface area contributed by atoms with Crippen LogP contribution in [0.5, 0.6) is 0 Å². The van der Waals surface area contributed by atoms with Gasteiger partial charge in [0.25, 0.3) is 0 Å². The number of hydrogen-bond donors (Lipinski definition) is 0. The molecule has 2 heteroatoms. The van der Waals surface area contributed by atoms with Gasteiger partial charge in [0.05, 0.1) is 11.1 Å². The molecule has 14 heavy (non-hydrogen) atoms. The van der Waals surface area contributed by atoms with Crippen LogP contribution in [0.3, 0.4) is 0 Å². The second-order valence-corrected chi connectivity index (χ2v) is 4.81. The van der Waals surface area contributed by atoms with Crippen LogP contribution < -0.4 is 0 Å². The standard InChI is InChI=1S/C12H15NS/c1-9-8-14-12(9)13-10(2)11-6-4-3-5-7-11/h3-7,9-10H,8H2,1-2H3. The molecule has 0 N–H and O–H groups in total. The lowest BCUT2D eigenvalue weighted by atomic mass is 10.1. The van der Waals surface area contributed by atoms with Crippen LogP contribution in [0.1, 0.15) is 25.5 Å². The normalized spacial score (nSPS) is 25.9. The lowest BCUT2D eigenvalue weighted by Crippen LogP contribution is -2.22. The van der Waals surface area contributed by atoms with Crippen LogP contribution in [0.2, 0.25) is 0 Å². The van der Waals surface area contributed by atoms with E-state index in [4.69, 9.17) is 4.99 Å². The number of rotatable bonds is 2. The molecule has 1 fully saturated rings. The Morgan fingerprint density at radius 2 is 2.07 bits per heavy atom. The zero-order valence-corrected chi connectivity index (χ0v) is 9.42. The Bertz CT molecular complexity index is 331. The molecule has 1 saturated heterocycles. The van der Waals surface area contributed by atoms with Crippen molar-refractivity contribution in [3.63, 3.8) is 0 Å². The maximum atomic E-state index is 4.71. The van der Waals surface area contributed by atoms with Crippen molar-refractivity contribution < 1.29 is 0 Å². The summed E-state index contributed by atoms with van der Waals surface area (Å²) in [5.41, 5.74) is 1.31. The van der Waals surface area contributed by atoms with Gasteiger partial charge in [-0.25, -0.2) is 0 Å². The van der Waals surface area contributed by atoms with Crippen molar-refractivity contribution in [1.29, 1.82) is 0 Å². The highest BCUT2D eigenvalue weighted by Crippen LogP contribution is 2.31. The lowest BCUT2D eigenvalue weighted by Gasteiger charge is -2.24. The predicted octanol–water partition coefficient (Wildman–Crippen LogP) is 3.53. The van der Waals surface area contributed by atoms with Gasteiger partial charge in [-0.3, -0.25) is 4.99 Å². The van der Waals surface area contributed by atoms with Crippen molar-refractivity contribution >= 4 is 16.8 Å². The molecule has 0 aromatic heterocycles. The molecular weight excluding hydrogens is 190 g/mol. The molecule has 1 aromatic carbocycles. The summed E-state index contributed by atoms with van der Waals surface area (Å²) < 4.78 is 0. The summed E-state index contributed by atoms with van der Waals surface area (Å²) in [7, 11) is 0. The molecule has 0 spiro atoms.